The zero-order valence-electron chi connectivity index (χ0n) is 10.9. The van der Waals surface area contributed by atoms with E-state index in [-0.39, 0.29) is 31.5 Å². The van der Waals surface area contributed by atoms with Gasteiger partial charge in [0.05, 0.1) is 13.2 Å². The second-order valence-corrected chi connectivity index (χ2v) is 4.75. The summed E-state index contributed by atoms with van der Waals surface area (Å²) in [6.45, 7) is -0.0214. The van der Waals surface area contributed by atoms with Crippen molar-refractivity contribution in [3.8, 4) is 0 Å². The third-order valence-electron chi connectivity index (χ3n) is 2.23. The molecule has 8 heteroatoms. The van der Waals surface area contributed by atoms with E-state index >= 15 is 0 Å². The van der Waals surface area contributed by atoms with Crippen molar-refractivity contribution in [2.75, 3.05) is 25.6 Å². The molecule has 0 fully saturated rings. The summed E-state index contributed by atoms with van der Waals surface area (Å²) < 4.78 is 5.67. The Morgan fingerprint density at radius 1 is 1.35 bits per heavy atom. The summed E-state index contributed by atoms with van der Waals surface area (Å²) in [5.74, 6) is -0.743. The number of halogens is 2. The van der Waals surface area contributed by atoms with Crippen LogP contribution in [0.2, 0.25) is 0 Å². The molecule has 2 amide bonds. The Balaban J connectivity index is 0.00000361. The Bertz CT molecular complexity index is 442. The maximum absolute atomic E-state index is 11.6. The fraction of sp³-hybridized carbons (Fsp3) is 0.333. The van der Waals surface area contributed by atoms with Gasteiger partial charge in [0.25, 0.3) is 0 Å². The fourth-order valence-electron chi connectivity index (χ4n) is 1.29. The molecule has 1 unspecified atom stereocenters. The van der Waals surface area contributed by atoms with Gasteiger partial charge in [-0.25, -0.2) is 0 Å². The van der Waals surface area contributed by atoms with Gasteiger partial charge >= 0.3 is 0 Å². The molecule has 0 saturated carbocycles. The molecule has 0 radical (unpaired) electrons. The van der Waals surface area contributed by atoms with E-state index in [4.69, 9.17) is 10.5 Å². The van der Waals surface area contributed by atoms with E-state index in [0.717, 1.165) is 4.47 Å². The second kappa shape index (κ2) is 9.71. The van der Waals surface area contributed by atoms with E-state index in [0.29, 0.717) is 5.69 Å². The van der Waals surface area contributed by atoms with Gasteiger partial charge in [-0.1, -0.05) is 15.9 Å². The minimum absolute atomic E-state index is 0. The average molecular weight is 367 g/mol. The van der Waals surface area contributed by atoms with Crippen molar-refractivity contribution in [2.45, 2.75) is 6.04 Å². The fourth-order valence-corrected chi connectivity index (χ4v) is 1.56. The summed E-state index contributed by atoms with van der Waals surface area (Å²) >= 11 is 3.30. The summed E-state index contributed by atoms with van der Waals surface area (Å²) in [5.41, 5.74) is 6.17. The summed E-state index contributed by atoms with van der Waals surface area (Å²) in [5, 5.41) is 5.08. The number of nitrogens with one attached hydrogen (secondary N) is 2. The molecule has 4 N–H and O–H groups in total. The van der Waals surface area contributed by atoms with Crippen molar-refractivity contribution in [1.82, 2.24) is 5.32 Å². The third kappa shape index (κ3) is 6.85. The number of anilines is 1. The number of hydrogen-bond acceptors (Lipinski definition) is 4. The molecule has 0 spiro atoms. The molecule has 0 heterocycles. The van der Waals surface area contributed by atoms with Gasteiger partial charge in [-0.15, -0.1) is 12.4 Å². The van der Waals surface area contributed by atoms with E-state index in [2.05, 4.69) is 26.6 Å². The van der Waals surface area contributed by atoms with Crippen LogP contribution in [0, 0.1) is 0 Å². The van der Waals surface area contributed by atoms with Gasteiger partial charge in [0.1, 0.15) is 6.04 Å². The Labute approximate surface area is 132 Å². The first-order valence-electron chi connectivity index (χ1n) is 5.60. The van der Waals surface area contributed by atoms with Crippen LogP contribution in [0.4, 0.5) is 5.69 Å². The summed E-state index contributed by atoms with van der Waals surface area (Å²) in [4.78, 5) is 23.0. The van der Waals surface area contributed by atoms with Crippen molar-refractivity contribution in [1.29, 1.82) is 0 Å². The predicted octanol–water partition coefficient (Wildman–Crippen LogP) is 0.899. The monoisotopic (exact) mass is 365 g/mol. The lowest BCUT2D eigenvalue weighted by Gasteiger charge is -2.11. The van der Waals surface area contributed by atoms with Crippen LogP contribution in [0.5, 0.6) is 0 Å². The van der Waals surface area contributed by atoms with Crippen molar-refractivity contribution >= 4 is 45.8 Å². The van der Waals surface area contributed by atoms with Crippen LogP contribution in [0.1, 0.15) is 0 Å². The van der Waals surface area contributed by atoms with Gasteiger partial charge in [0, 0.05) is 17.3 Å². The highest BCUT2D eigenvalue weighted by Crippen LogP contribution is 2.13. The Hall–Kier alpha value is -1.15. The van der Waals surface area contributed by atoms with Crippen LogP contribution in [-0.4, -0.2) is 38.1 Å². The first-order valence-corrected chi connectivity index (χ1v) is 6.40. The summed E-state index contributed by atoms with van der Waals surface area (Å²) in [6, 6.07) is 6.34. The second-order valence-electron chi connectivity index (χ2n) is 3.83. The molecule has 20 heavy (non-hydrogen) atoms. The molecule has 6 nitrogen and oxygen atoms in total. The van der Waals surface area contributed by atoms with Crippen molar-refractivity contribution < 1.29 is 14.3 Å². The smallest absolute Gasteiger partial charge is 0.243 e. The molecule has 1 atom stereocenters. The number of rotatable bonds is 6. The molecule has 0 aliphatic carbocycles. The van der Waals surface area contributed by atoms with E-state index in [1.165, 1.54) is 7.11 Å². The van der Waals surface area contributed by atoms with E-state index in [9.17, 15) is 9.59 Å². The third-order valence-corrected chi connectivity index (χ3v) is 2.76. The van der Waals surface area contributed by atoms with Crippen molar-refractivity contribution in [3.63, 3.8) is 0 Å². The number of carbonyl (C=O) groups excluding carboxylic acids is 2. The molecule has 0 bridgehead atoms. The standard InChI is InChI=1S/C12H16BrN3O3.ClH/c1-19-7-10(14)12(18)15-6-11(17)16-9-4-2-8(13)3-5-9;/h2-5,10H,6-7,14H2,1H3,(H,15,18)(H,16,17);1H. The number of amides is 2. The molecule has 0 aliphatic heterocycles. The number of nitrogens with two attached hydrogens (primary N) is 1. The maximum Gasteiger partial charge on any atom is 0.243 e. The average Bonchev–Trinajstić information content (AvgIpc) is 2.39. The molecule has 0 aromatic heterocycles. The Morgan fingerprint density at radius 3 is 2.50 bits per heavy atom. The minimum atomic E-state index is -0.773. The molecular weight excluding hydrogens is 350 g/mol. The van der Waals surface area contributed by atoms with Crippen LogP contribution in [0.15, 0.2) is 28.7 Å². The highest BCUT2D eigenvalue weighted by molar-refractivity contribution is 9.10. The zero-order valence-corrected chi connectivity index (χ0v) is 13.3. The first-order chi connectivity index (χ1) is 9.02. The number of carbonyl (C=O) groups is 2. The Kier molecular flexibility index (Phi) is 9.15. The zero-order chi connectivity index (χ0) is 14.3. The van der Waals surface area contributed by atoms with Crippen LogP contribution in [0.25, 0.3) is 0 Å². The molecule has 1 aromatic rings. The van der Waals surface area contributed by atoms with Gasteiger partial charge in [0.15, 0.2) is 0 Å². The largest absolute Gasteiger partial charge is 0.383 e. The van der Waals surface area contributed by atoms with Gasteiger partial charge in [-0.05, 0) is 24.3 Å². The van der Waals surface area contributed by atoms with Gasteiger partial charge in [0.2, 0.25) is 11.8 Å². The lowest BCUT2D eigenvalue weighted by atomic mass is 10.3. The van der Waals surface area contributed by atoms with Crippen LogP contribution >= 0.6 is 28.3 Å². The lowest BCUT2D eigenvalue weighted by Crippen LogP contribution is -2.45. The summed E-state index contributed by atoms with van der Waals surface area (Å²) in [6.07, 6.45) is 0. The van der Waals surface area contributed by atoms with Crippen molar-refractivity contribution in [3.05, 3.63) is 28.7 Å². The predicted molar refractivity (Wildman–Crippen MR) is 82.9 cm³/mol. The first kappa shape index (κ1) is 18.9. The molecule has 0 saturated heterocycles. The Morgan fingerprint density at radius 2 is 1.95 bits per heavy atom. The van der Waals surface area contributed by atoms with E-state index in [1.54, 1.807) is 12.1 Å². The maximum atomic E-state index is 11.6. The SMILES string of the molecule is COCC(N)C(=O)NCC(=O)Nc1ccc(Br)cc1.Cl. The van der Waals surface area contributed by atoms with Crippen LogP contribution < -0.4 is 16.4 Å². The lowest BCUT2D eigenvalue weighted by molar-refractivity contribution is -0.126. The van der Waals surface area contributed by atoms with E-state index in [1.807, 2.05) is 12.1 Å². The van der Waals surface area contributed by atoms with Crippen molar-refractivity contribution in [2.24, 2.45) is 5.73 Å². The molecule has 1 rings (SSSR count). The number of methoxy groups -OCH3 is 1. The molecule has 1 aromatic carbocycles. The quantitative estimate of drug-likeness (QED) is 0.697. The summed E-state index contributed by atoms with van der Waals surface area (Å²) in [7, 11) is 1.45. The normalized spacial score (nSPS) is 11.2. The van der Waals surface area contributed by atoms with E-state index < -0.39 is 11.9 Å². The van der Waals surface area contributed by atoms with Crippen LogP contribution in [0.3, 0.4) is 0 Å². The van der Waals surface area contributed by atoms with Gasteiger partial charge in [-0.2, -0.15) is 0 Å². The number of ether oxygens (including phenoxy) is 1. The topological polar surface area (TPSA) is 93.4 Å². The highest BCUT2D eigenvalue weighted by Gasteiger charge is 2.13. The molecular formula is C12H17BrClN3O3. The number of hydrogen-bond donors (Lipinski definition) is 3. The van der Waals surface area contributed by atoms with Crippen LogP contribution in [-0.2, 0) is 14.3 Å². The highest BCUT2D eigenvalue weighted by atomic mass is 79.9. The number of benzene rings is 1. The molecule has 0 aliphatic rings. The van der Waals surface area contributed by atoms with Gasteiger partial charge < -0.3 is 21.1 Å². The van der Waals surface area contributed by atoms with Gasteiger partial charge in [-0.3, -0.25) is 9.59 Å². The minimum Gasteiger partial charge on any atom is -0.383 e. The molecule has 112 valence electrons.